The van der Waals surface area contributed by atoms with Crippen molar-refractivity contribution in [3.05, 3.63) is 42.5 Å². The Morgan fingerprint density at radius 3 is 2.60 bits per heavy atom. The summed E-state index contributed by atoms with van der Waals surface area (Å²) < 4.78 is 29.4. The van der Waals surface area contributed by atoms with Crippen LogP contribution in [0.5, 0.6) is 5.75 Å². The molecule has 4 atom stereocenters. The van der Waals surface area contributed by atoms with E-state index in [9.17, 15) is 9.50 Å². The lowest BCUT2D eigenvalue weighted by Gasteiger charge is -2.40. The van der Waals surface area contributed by atoms with Gasteiger partial charge in [0.25, 0.3) is 0 Å². The Balaban J connectivity index is 1.25. The van der Waals surface area contributed by atoms with Gasteiger partial charge in [-0.25, -0.2) is 18.7 Å². The maximum absolute atomic E-state index is 15.3. The summed E-state index contributed by atoms with van der Waals surface area (Å²) in [7, 11) is 0. The van der Waals surface area contributed by atoms with Crippen molar-refractivity contribution >= 4 is 17.7 Å². The Morgan fingerprint density at radius 2 is 1.91 bits per heavy atom. The van der Waals surface area contributed by atoms with E-state index in [-0.39, 0.29) is 23.9 Å². The number of hydrogen-bond donors (Lipinski definition) is 2. The first kappa shape index (κ1) is 22.6. The number of benzene rings is 1. The Hall–Kier alpha value is -2.85. The van der Waals surface area contributed by atoms with Crippen LogP contribution in [0.4, 0.5) is 14.7 Å². The third kappa shape index (κ3) is 4.23. The zero-order valence-electron chi connectivity index (χ0n) is 19.2. The fourth-order valence-electron chi connectivity index (χ4n) is 5.35. The second-order valence-electron chi connectivity index (χ2n) is 9.52. The summed E-state index contributed by atoms with van der Waals surface area (Å²) in [6.45, 7) is 0. The molecule has 3 aliphatic rings. The molecule has 0 amide bonds. The van der Waals surface area contributed by atoms with Gasteiger partial charge in [-0.2, -0.15) is 0 Å². The molecule has 0 spiro atoms. The molecule has 1 saturated carbocycles. The third-order valence-corrected chi connectivity index (χ3v) is 7.93. The normalized spacial score (nSPS) is 25.6. The molecular formula is C25H26F2N6OS. The number of anilines is 1. The minimum absolute atomic E-state index is 0.0153. The topological polar surface area (TPSA) is 87.1 Å². The van der Waals surface area contributed by atoms with E-state index in [2.05, 4.69) is 25.5 Å². The molecular weight excluding hydrogens is 470 g/mol. The molecule has 1 aromatic carbocycles. The highest BCUT2D eigenvalue weighted by molar-refractivity contribution is 7.98. The first-order chi connectivity index (χ1) is 17.0. The number of aromatic nitrogens is 4. The van der Waals surface area contributed by atoms with E-state index in [4.69, 9.17) is 0 Å². The molecule has 182 valence electrons. The van der Waals surface area contributed by atoms with Crippen molar-refractivity contribution in [2.45, 2.75) is 67.5 Å². The zero-order valence-corrected chi connectivity index (χ0v) is 20.1. The maximum Gasteiger partial charge on any atom is 0.245 e. The average Bonchev–Trinajstić information content (AvgIpc) is 3.62. The molecule has 0 unspecified atom stereocenters. The number of nitrogens with one attached hydrogen (secondary N) is 1. The zero-order chi connectivity index (χ0) is 24.1. The van der Waals surface area contributed by atoms with Crippen LogP contribution in [0.2, 0.25) is 0 Å². The van der Waals surface area contributed by atoms with Crippen molar-refractivity contribution < 1.29 is 13.9 Å². The van der Waals surface area contributed by atoms with E-state index in [0.29, 0.717) is 39.4 Å². The molecule has 2 aliphatic heterocycles. The summed E-state index contributed by atoms with van der Waals surface area (Å²) in [6, 6.07) is 6.70. The Morgan fingerprint density at radius 1 is 1.06 bits per heavy atom. The largest absolute Gasteiger partial charge is 0.507 e. The number of thioether (sulfide) groups is 1. The third-order valence-electron chi connectivity index (χ3n) is 7.24. The highest BCUT2D eigenvalue weighted by Crippen LogP contribution is 2.40. The van der Waals surface area contributed by atoms with E-state index in [1.807, 2.05) is 4.90 Å². The van der Waals surface area contributed by atoms with Gasteiger partial charge >= 0.3 is 0 Å². The monoisotopic (exact) mass is 496 g/mol. The molecule has 2 bridgehead atoms. The Kier molecular flexibility index (Phi) is 5.80. The van der Waals surface area contributed by atoms with Crippen LogP contribution in [-0.2, 0) is 0 Å². The number of nitrogens with zero attached hydrogens (tertiary/aromatic N) is 5. The molecule has 1 aliphatic carbocycles. The highest BCUT2D eigenvalue weighted by atomic mass is 32.2. The lowest BCUT2D eigenvalue weighted by atomic mass is 9.96. The van der Waals surface area contributed by atoms with Crippen molar-refractivity contribution in [2.24, 2.45) is 0 Å². The average molecular weight is 497 g/mol. The molecule has 4 heterocycles. The van der Waals surface area contributed by atoms with Crippen molar-refractivity contribution in [3.63, 3.8) is 0 Å². The first-order valence-corrected chi connectivity index (χ1v) is 13.2. The van der Waals surface area contributed by atoms with Crippen LogP contribution in [0, 0.1) is 5.82 Å². The van der Waals surface area contributed by atoms with Gasteiger partial charge in [-0.3, -0.25) is 0 Å². The molecule has 3 fully saturated rings. The molecule has 3 aromatic rings. The molecule has 2 saturated heterocycles. The lowest BCUT2D eigenvalue weighted by Crippen LogP contribution is -2.57. The number of alkyl halides is 1. The number of aromatic hydroxyl groups is 1. The first-order valence-electron chi connectivity index (χ1n) is 11.9. The van der Waals surface area contributed by atoms with Gasteiger partial charge in [-0.1, -0.05) is 6.07 Å². The summed E-state index contributed by atoms with van der Waals surface area (Å²) in [5, 5.41) is 23.1. The van der Waals surface area contributed by atoms with E-state index < -0.39 is 12.0 Å². The van der Waals surface area contributed by atoms with Gasteiger partial charge in [-0.15, -0.1) is 22.0 Å². The van der Waals surface area contributed by atoms with Crippen molar-refractivity contribution in [1.29, 1.82) is 0 Å². The van der Waals surface area contributed by atoms with Gasteiger partial charge in [0, 0.05) is 35.4 Å². The standard InChI is InChI=1S/C25H26F2N6OS/c1-35-24-18(26)8-14(11-28-24)13-2-6-17(22(34)9-13)20-12-29-25(32-31-20)33(16-4-5-16)21-10-15-3-7-19(30-15)23(21)27/h2,6,8-9,11-12,15-16,19,21,23,30,34H,3-5,7,10H2,1H3/t15-,19-,21+,23-/m0/s1. The summed E-state index contributed by atoms with van der Waals surface area (Å²) >= 11 is 1.24. The highest BCUT2D eigenvalue weighted by Gasteiger charge is 2.48. The second-order valence-corrected chi connectivity index (χ2v) is 10.3. The van der Waals surface area contributed by atoms with E-state index in [1.165, 1.54) is 17.8 Å². The van der Waals surface area contributed by atoms with Crippen LogP contribution < -0.4 is 10.2 Å². The Labute approximate surface area is 206 Å². The van der Waals surface area contributed by atoms with Gasteiger partial charge in [0.1, 0.15) is 22.6 Å². The number of rotatable bonds is 6. The molecule has 0 radical (unpaired) electrons. The number of halogens is 2. The van der Waals surface area contributed by atoms with Gasteiger partial charge in [0.05, 0.1) is 12.2 Å². The van der Waals surface area contributed by atoms with Crippen LogP contribution in [0.25, 0.3) is 22.4 Å². The fraction of sp³-hybridized carbons (Fsp3) is 0.440. The quantitative estimate of drug-likeness (QED) is 0.487. The minimum atomic E-state index is -0.960. The van der Waals surface area contributed by atoms with Gasteiger partial charge in [-0.05, 0) is 62.1 Å². The van der Waals surface area contributed by atoms with Crippen molar-refractivity contribution in [3.8, 4) is 28.1 Å². The molecule has 2 aromatic heterocycles. The second kappa shape index (κ2) is 8.98. The van der Waals surface area contributed by atoms with Crippen molar-refractivity contribution in [1.82, 2.24) is 25.5 Å². The van der Waals surface area contributed by atoms with Crippen LogP contribution in [-0.4, -0.2) is 61.9 Å². The van der Waals surface area contributed by atoms with Gasteiger partial charge in [0.2, 0.25) is 5.95 Å². The van der Waals surface area contributed by atoms with Crippen molar-refractivity contribution in [2.75, 3.05) is 11.2 Å². The molecule has 10 heteroatoms. The van der Waals surface area contributed by atoms with E-state index in [1.54, 1.807) is 36.8 Å². The summed E-state index contributed by atoms with van der Waals surface area (Å²) in [4.78, 5) is 10.7. The van der Waals surface area contributed by atoms with Crippen LogP contribution >= 0.6 is 11.8 Å². The predicted octanol–water partition coefficient (Wildman–Crippen LogP) is 4.37. The SMILES string of the molecule is CSc1ncc(-c2ccc(-c3cnc(N(C4CC4)[C@@H]4C[C@@H]5CC[C@H](N5)[C@@H]4F)nn3)c(O)c2)cc1F. The molecule has 7 nitrogen and oxygen atoms in total. The molecule has 35 heavy (non-hydrogen) atoms. The number of phenolic OH excluding ortho intramolecular Hbond substituents is 1. The minimum Gasteiger partial charge on any atom is -0.507 e. The summed E-state index contributed by atoms with van der Waals surface area (Å²) in [5.74, 6) is 0.0250. The van der Waals surface area contributed by atoms with Crippen LogP contribution in [0.15, 0.2) is 41.7 Å². The fourth-order valence-corrected chi connectivity index (χ4v) is 5.76. The van der Waals surface area contributed by atoms with Gasteiger partial charge in [0.15, 0.2) is 5.82 Å². The molecule has 6 rings (SSSR count). The van der Waals surface area contributed by atoms with E-state index >= 15 is 4.39 Å². The Bertz CT molecular complexity index is 1240. The number of phenols is 1. The van der Waals surface area contributed by atoms with E-state index in [0.717, 1.165) is 32.1 Å². The summed E-state index contributed by atoms with van der Waals surface area (Å²) in [6.07, 6.45) is 8.60. The van der Waals surface area contributed by atoms with Gasteiger partial charge < -0.3 is 15.3 Å². The molecule has 2 N–H and O–H groups in total. The summed E-state index contributed by atoms with van der Waals surface area (Å²) in [5.41, 5.74) is 2.09. The lowest BCUT2D eigenvalue weighted by molar-refractivity contribution is 0.171. The van der Waals surface area contributed by atoms with Crippen LogP contribution in [0.3, 0.4) is 0 Å². The number of fused-ring (bicyclic) bond motifs is 2. The number of pyridine rings is 1. The maximum atomic E-state index is 15.3. The number of hydrogen-bond acceptors (Lipinski definition) is 8. The number of piperidine rings is 1. The predicted molar refractivity (Wildman–Crippen MR) is 131 cm³/mol. The van der Waals surface area contributed by atoms with Crippen LogP contribution in [0.1, 0.15) is 32.1 Å². The smallest absolute Gasteiger partial charge is 0.245 e.